The number of hydrogen-bond acceptors (Lipinski definition) is 5. The van der Waals surface area contributed by atoms with E-state index in [1.807, 2.05) is 0 Å². The standard InChI is InChI=1S/C17H19F2NO6/c1-9(5-11-8-20(3-4-26-11)17(24)25-2)15(21)14-12(18)6-10(16(22)23)7-13(14)19/h6-7,9,11H,3-5,8H2,1-2H3,(H,22,23)/t9?,11-/m0/s1. The van der Waals surface area contributed by atoms with Gasteiger partial charge in [0.1, 0.15) is 11.6 Å². The molecule has 1 heterocycles. The monoisotopic (exact) mass is 371 g/mol. The van der Waals surface area contributed by atoms with Crippen LogP contribution in [0.15, 0.2) is 12.1 Å². The fourth-order valence-corrected chi connectivity index (χ4v) is 2.84. The zero-order valence-electron chi connectivity index (χ0n) is 14.3. The van der Waals surface area contributed by atoms with E-state index in [0.717, 1.165) is 0 Å². The lowest BCUT2D eigenvalue weighted by Gasteiger charge is -2.33. The van der Waals surface area contributed by atoms with Gasteiger partial charge in [0.05, 0.1) is 37.5 Å². The van der Waals surface area contributed by atoms with Crippen LogP contribution in [-0.4, -0.2) is 60.8 Å². The first kappa shape index (κ1) is 19.8. The van der Waals surface area contributed by atoms with Crippen molar-refractivity contribution in [2.75, 3.05) is 26.8 Å². The van der Waals surface area contributed by atoms with Crippen LogP contribution in [0, 0.1) is 17.6 Å². The van der Waals surface area contributed by atoms with Crippen LogP contribution in [0.1, 0.15) is 34.1 Å². The summed E-state index contributed by atoms with van der Waals surface area (Å²) in [6, 6.07) is 1.23. The van der Waals surface area contributed by atoms with Gasteiger partial charge in [-0.3, -0.25) is 4.79 Å². The molecular formula is C17H19F2NO6. The zero-order chi connectivity index (χ0) is 19.4. The van der Waals surface area contributed by atoms with Gasteiger partial charge in [-0.2, -0.15) is 0 Å². The van der Waals surface area contributed by atoms with Crippen molar-refractivity contribution < 1.29 is 37.7 Å². The summed E-state index contributed by atoms with van der Waals surface area (Å²) in [6.45, 7) is 2.31. The summed E-state index contributed by atoms with van der Waals surface area (Å²) in [7, 11) is 1.26. The van der Waals surface area contributed by atoms with Crippen molar-refractivity contribution in [3.05, 3.63) is 34.9 Å². The molecule has 1 amide bonds. The van der Waals surface area contributed by atoms with E-state index in [1.165, 1.54) is 18.9 Å². The molecule has 7 nitrogen and oxygen atoms in total. The highest BCUT2D eigenvalue weighted by atomic mass is 19.1. The number of hydrogen-bond donors (Lipinski definition) is 1. The number of Topliss-reactive ketones (excluding diaryl/α,β-unsaturated/α-hetero) is 1. The van der Waals surface area contributed by atoms with E-state index < -0.39 is 52.6 Å². The Bertz CT molecular complexity index is 700. The third-order valence-corrected chi connectivity index (χ3v) is 4.17. The molecule has 1 aromatic rings. The Morgan fingerprint density at radius 1 is 1.35 bits per heavy atom. The molecule has 2 rings (SSSR count). The number of aromatic carboxylic acids is 1. The number of ketones is 1. The summed E-state index contributed by atoms with van der Waals surface area (Å²) in [4.78, 5) is 36.2. The first-order chi connectivity index (χ1) is 12.2. The number of rotatable bonds is 5. The Hall–Kier alpha value is -2.55. The number of benzene rings is 1. The van der Waals surface area contributed by atoms with Gasteiger partial charge in [0, 0.05) is 12.5 Å². The molecule has 142 valence electrons. The SMILES string of the molecule is COC(=O)N1CCO[C@@H](CC(C)C(=O)c2c(F)cc(C(=O)O)cc2F)C1. The first-order valence-electron chi connectivity index (χ1n) is 7.95. The van der Waals surface area contributed by atoms with Crippen molar-refractivity contribution in [1.29, 1.82) is 0 Å². The molecule has 2 atom stereocenters. The van der Waals surface area contributed by atoms with E-state index in [0.29, 0.717) is 18.7 Å². The lowest BCUT2D eigenvalue weighted by Crippen LogP contribution is -2.46. The minimum atomic E-state index is -1.49. The number of carboxylic acids is 1. The molecule has 0 spiro atoms. The molecule has 1 fully saturated rings. The van der Waals surface area contributed by atoms with Gasteiger partial charge in [-0.25, -0.2) is 18.4 Å². The van der Waals surface area contributed by atoms with E-state index in [-0.39, 0.29) is 19.6 Å². The van der Waals surface area contributed by atoms with E-state index in [1.54, 1.807) is 0 Å². The Kier molecular flexibility index (Phi) is 6.25. The van der Waals surface area contributed by atoms with Gasteiger partial charge in [-0.05, 0) is 18.6 Å². The summed E-state index contributed by atoms with van der Waals surface area (Å²) in [5.74, 6) is -5.53. The van der Waals surface area contributed by atoms with Crippen molar-refractivity contribution >= 4 is 17.8 Å². The lowest BCUT2D eigenvalue weighted by molar-refractivity contribution is -0.0324. The second-order valence-electron chi connectivity index (χ2n) is 6.03. The van der Waals surface area contributed by atoms with Gasteiger partial charge in [0.15, 0.2) is 5.78 Å². The van der Waals surface area contributed by atoms with Gasteiger partial charge in [-0.1, -0.05) is 6.92 Å². The third kappa shape index (κ3) is 4.34. The molecule has 1 aliphatic heterocycles. The highest BCUT2D eigenvalue weighted by Gasteiger charge is 2.30. The first-order valence-corrected chi connectivity index (χ1v) is 7.95. The number of amides is 1. The number of carbonyl (C=O) groups is 3. The predicted octanol–water partition coefficient (Wildman–Crippen LogP) is 2.34. The number of carboxylic acid groups (broad SMARTS) is 1. The molecule has 1 aliphatic rings. The van der Waals surface area contributed by atoms with E-state index in [2.05, 4.69) is 4.74 Å². The van der Waals surface area contributed by atoms with E-state index >= 15 is 0 Å². The van der Waals surface area contributed by atoms with Crippen LogP contribution in [0.3, 0.4) is 0 Å². The summed E-state index contributed by atoms with van der Waals surface area (Å²) in [5.41, 5.74) is -1.35. The number of methoxy groups -OCH3 is 1. The number of nitrogens with zero attached hydrogens (tertiary/aromatic N) is 1. The Morgan fingerprint density at radius 2 is 1.96 bits per heavy atom. The van der Waals surface area contributed by atoms with Crippen molar-refractivity contribution in [3.63, 3.8) is 0 Å². The lowest BCUT2D eigenvalue weighted by atomic mass is 9.92. The Balaban J connectivity index is 2.10. The minimum Gasteiger partial charge on any atom is -0.478 e. The molecule has 1 N–H and O–H groups in total. The van der Waals surface area contributed by atoms with Crippen LogP contribution in [-0.2, 0) is 9.47 Å². The topological polar surface area (TPSA) is 93.1 Å². The largest absolute Gasteiger partial charge is 0.478 e. The van der Waals surface area contributed by atoms with Crippen molar-refractivity contribution in [1.82, 2.24) is 4.90 Å². The molecule has 0 aromatic heterocycles. The summed E-state index contributed by atoms with van der Waals surface area (Å²) < 4.78 is 38.2. The fourth-order valence-electron chi connectivity index (χ4n) is 2.84. The van der Waals surface area contributed by atoms with Crippen molar-refractivity contribution in [3.8, 4) is 0 Å². The molecule has 1 aromatic carbocycles. The number of morpholine rings is 1. The van der Waals surface area contributed by atoms with Crippen LogP contribution in [0.25, 0.3) is 0 Å². The second-order valence-corrected chi connectivity index (χ2v) is 6.03. The van der Waals surface area contributed by atoms with Crippen LogP contribution in [0.5, 0.6) is 0 Å². The average molecular weight is 371 g/mol. The van der Waals surface area contributed by atoms with Gasteiger partial charge in [0.2, 0.25) is 0 Å². The molecule has 0 aliphatic carbocycles. The van der Waals surface area contributed by atoms with Crippen LogP contribution >= 0.6 is 0 Å². The van der Waals surface area contributed by atoms with Gasteiger partial charge in [-0.15, -0.1) is 0 Å². The number of carbonyl (C=O) groups excluding carboxylic acids is 2. The van der Waals surface area contributed by atoms with Crippen molar-refractivity contribution in [2.24, 2.45) is 5.92 Å². The second kappa shape index (κ2) is 8.22. The van der Waals surface area contributed by atoms with Gasteiger partial charge >= 0.3 is 12.1 Å². The van der Waals surface area contributed by atoms with Crippen LogP contribution in [0.2, 0.25) is 0 Å². The molecule has 9 heteroatoms. The minimum absolute atomic E-state index is 0.145. The smallest absolute Gasteiger partial charge is 0.409 e. The summed E-state index contributed by atoms with van der Waals surface area (Å²) in [6.07, 6.45) is -0.851. The molecule has 1 saturated heterocycles. The summed E-state index contributed by atoms with van der Waals surface area (Å²) in [5, 5.41) is 8.80. The molecule has 1 unspecified atom stereocenters. The quantitative estimate of drug-likeness (QED) is 0.799. The van der Waals surface area contributed by atoms with Crippen molar-refractivity contribution in [2.45, 2.75) is 19.4 Å². The molecular weight excluding hydrogens is 352 g/mol. The predicted molar refractivity (Wildman–Crippen MR) is 85.1 cm³/mol. The molecule has 0 saturated carbocycles. The maximum atomic E-state index is 14.0. The molecule has 0 bridgehead atoms. The highest BCUT2D eigenvalue weighted by Crippen LogP contribution is 2.23. The fraction of sp³-hybridized carbons (Fsp3) is 0.471. The highest BCUT2D eigenvalue weighted by molar-refractivity contribution is 5.99. The van der Waals surface area contributed by atoms with Crippen LogP contribution in [0.4, 0.5) is 13.6 Å². The van der Waals surface area contributed by atoms with Crippen LogP contribution < -0.4 is 0 Å². The number of halogens is 2. The third-order valence-electron chi connectivity index (χ3n) is 4.17. The van der Waals surface area contributed by atoms with E-state index in [4.69, 9.17) is 9.84 Å². The van der Waals surface area contributed by atoms with E-state index in [9.17, 15) is 23.2 Å². The van der Waals surface area contributed by atoms with Gasteiger partial charge < -0.3 is 19.5 Å². The average Bonchev–Trinajstić information content (AvgIpc) is 2.60. The number of ether oxygens (including phenoxy) is 2. The molecule has 0 radical (unpaired) electrons. The maximum absolute atomic E-state index is 14.0. The Morgan fingerprint density at radius 3 is 2.50 bits per heavy atom. The molecule has 26 heavy (non-hydrogen) atoms. The maximum Gasteiger partial charge on any atom is 0.409 e. The Labute approximate surface area is 148 Å². The zero-order valence-corrected chi connectivity index (χ0v) is 14.3. The van der Waals surface area contributed by atoms with Gasteiger partial charge in [0.25, 0.3) is 0 Å². The summed E-state index contributed by atoms with van der Waals surface area (Å²) >= 11 is 0. The normalized spacial score (nSPS) is 18.3.